The molecule has 0 saturated carbocycles. The lowest BCUT2D eigenvalue weighted by molar-refractivity contribution is 0.0811. The van der Waals surface area contributed by atoms with E-state index in [9.17, 15) is 4.79 Å². The maximum absolute atomic E-state index is 12.8. The first-order valence-corrected chi connectivity index (χ1v) is 9.65. The van der Waals surface area contributed by atoms with E-state index in [0.29, 0.717) is 11.6 Å². The van der Waals surface area contributed by atoms with Gasteiger partial charge in [0.15, 0.2) is 5.78 Å². The summed E-state index contributed by atoms with van der Waals surface area (Å²) in [6, 6.07) is 13.4. The summed E-state index contributed by atoms with van der Waals surface area (Å²) in [6.07, 6.45) is 1.97. The Bertz CT molecular complexity index is 776. The van der Waals surface area contributed by atoms with Gasteiger partial charge in [0.25, 0.3) is 0 Å². The van der Waals surface area contributed by atoms with Gasteiger partial charge in [0.05, 0.1) is 13.7 Å². The highest BCUT2D eigenvalue weighted by atomic mass is 35.5. The molecule has 27 heavy (non-hydrogen) atoms. The topological polar surface area (TPSA) is 38.8 Å². The molecule has 0 bridgehead atoms. The van der Waals surface area contributed by atoms with E-state index in [0.717, 1.165) is 49.4 Å². The molecule has 3 rings (SSSR count). The third kappa shape index (κ3) is 5.10. The molecule has 0 aliphatic carbocycles. The van der Waals surface area contributed by atoms with Crippen LogP contribution in [0.3, 0.4) is 0 Å². The monoisotopic (exact) mass is 387 g/mol. The highest BCUT2D eigenvalue weighted by Crippen LogP contribution is 2.25. The summed E-state index contributed by atoms with van der Waals surface area (Å²) in [5.74, 6) is 1.10. The average molecular weight is 388 g/mol. The second-order valence-electron chi connectivity index (χ2n) is 7.02. The lowest BCUT2D eigenvalue weighted by Gasteiger charge is -2.32. The fourth-order valence-corrected chi connectivity index (χ4v) is 3.85. The maximum Gasteiger partial charge on any atom is 0.167 e. The zero-order valence-electron chi connectivity index (χ0n) is 15.9. The molecule has 2 aromatic rings. The van der Waals surface area contributed by atoms with E-state index in [1.54, 1.807) is 26.4 Å². The van der Waals surface area contributed by atoms with E-state index in [4.69, 9.17) is 21.1 Å². The summed E-state index contributed by atoms with van der Waals surface area (Å²) in [5, 5.41) is 0.656. The normalized spacial score (nSPS) is 17.7. The lowest BCUT2D eigenvalue weighted by atomic mass is 9.90. The number of nitrogens with zero attached hydrogens (tertiary/aromatic N) is 1. The predicted molar refractivity (Wildman–Crippen MR) is 107 cm³/mol. The Balaban J connectivity index is 1.67. The number of ketones is 1. The van der Waals surface area contributed by atoms with E-state index in [2.05, 4.69) is 17.0 Å². The number of Topliss-reactive ketones (excluding diaryl/α,β-unsaturated/α-hetero) is 1. The van der Waals surface area contributed by atoms with E-state index < -0.39 is 0 Å². The number of likely N-dealkylation sites (tertiary alicyclic amines) is 1. The molecular weight excluding hydrogens is 362 g/mol. The summed E-state index contributed by atoms with van der Waals surface area (Å²) in [5.41, 5.74) is 3.00. The fraction of sp³-hybridized carbons (Fsp3) is 0.409. The van der Waals surface area contributed by atoms with Crippen molar-refractivity contribution in [1.29, 1.82) is 0 Å². The molecule has 5 heteroatoms. The first-order valence-electron chi connectivity index (χ1n) is 9.27. The number of rotatable bonds is 7. The Morgan fingerprint density at radius 1 is 1.19 bits per heavy atom. The number of benzene rings is 2. The molecule has 1 fully saturated rings. The van der Waals surface area contributed by atoms with Crippen LogP contribution in [0.15, 0.2) is 42.5 Å². The van der Waals surface area contributed by atoms with Gasteiger partial charge in [0.2, 0.25) is 0 Å². The van der Waals surface area contributed by atoms with E-state index >= 15 is 0 Å². The van der Waals surface area contributed by atoms with Crippen LogP contribution in [-0.4, -0.2) is 38.0 Å². The largest absolute Gasteiger partial charge is 0.496 e. The van der Waals surface area contributed by atoms with Crippen LogP contribution in [-0.2, 0) is 17.9 Å². The quantitative estimate of drug-likeness (QED) is 0.651. The number of ether oxygens (including phenoxy) is 2. The molecule has 0 N–H and O–H groups in total. The molecule has 1 aliphatic heterocycles. The minimum absolute atomic E-state index is 0.0385. The summed E-state index contributed by atoms with van der Waals surface area (Å²) in [7, 11) is 3.36. The smallest absolute Gasteiger partial charge is 0.167 e. The van der Waals surface area contributed by atoms with E-state index in [1.807, 2.05) is 18.2 Å². The van der Waals surface area contributed by atoms with Gasteiger partial charge in [0, 0.05) is 42.3 Å². The second kappa shape index (κ2) is 9.36. The van der Waals surface area contributed by atoms with Gasteiger partial charge in [-0.05, 0) is 61.3 Å². The van der Waals surface area contributed by atoms with Crippen molar-refractivity contribution in [2.75, 3.05) is 27.3 Å². The zero-order valence-corrected chi connectivity index (χ0v) is 16.7. The molecule has 144 valence electrons. The van der Waals surface area contributed by atoms with Crippen LogP contribution in [0, 0.1) is 5.92 Å². The summed E-state index contributed by atoms with van der Waals surface area (Å²) >= 11 is 5.93. The van der Waals surface area contributed by atoms with Crippen LogP contribution < -0.4 is 4.74 Å². The molecule has 1 heterocycles. The molecule has 0 spiro atoms. The van der Waals surface area contributed by atoms with Crippen molar-refractivity contribution in [2.45, 2.75) is 26.0 Å². The van der Waals surface area contributed by atoms with Crippen LogP contribution in [0.2, 0.25) is 5.02 Å². The van der Waals surface area contributed by atoms with Crippen molar-refractivity contribution in [3.8, 4) is 5.75 Å². The third-order valence-corrected chi connectivity index (χ3v) is 5.31. The first-order chi connectivity index (χ1) is 13.1. The molecule has 0 radical (unpaired) electrons. The average Bonchev–Trinajstić information content (AvgIpc) is 2.69. The summed E-state index contributed by atoms with van der Waals surface area (Å²) < 4.78 is 10.7. The summed E-state index contributed by atoms with van der Waals surface area (Å²) in [4.78, 5) is 15.2. The number of halogens is 1. The number of carbonyl (C=O) groups is 1. The van der Waals surface area contributed by atoms with Crippen LogP contribution in [0.5, 0.6) is 5.75 Å². The van der Waals surface area contributed by atoms with Crippen LogP contribution in [0.25, 0.3) is 0 Å². The Morgan fingerprint density at radius 3 is 2.67 bits per heavy atom. The number of piperidine rings is 1. The van der Waals surface area contributed by atoms with Crippen molar-refractivity contribution in [2.24, 2.45) is 5.92 Å². The molecule has 1 saturated heterocycles. The van der Waals surface area contributed by atoms with Crippen LogP contribution in [0.1, 0.15) is 34.3 Å². The minimum Gasteiger partial charge on any atom is -0.496 e. The van der Waals surface area contributed by atoms with Gasteiger partial charge < -0.3 is 9.47 Å². The van der Waals surface area contributed by atoms with Gasteiger partial charge in [-0.15, -0.1) is 0 Å². The number of carbonyl (C=O) groups excluding carboxylic acids is 1. The zero-order chi connectivity index (χ0) is 19.2. The number of hydrogen-bond acceptors (Lipinski definition) is 4. The van der Waals surface area contributed by atoms with E-state index in [1.165, 1.54) is 5.56 Å². The highest BCUT2D eigenvalue weighted by Gasteiger charge is 2.26. The van der Waals surface area contributed by atoms with Gasteiger partial charge in [-0.3, -0.25) is 9.69 Å². The maximum atomic E-state index is 12.8. The van der Waals surface area contributed by atoms with Gasteiger partial charge in [-0.25, -0.2) is 0 Å². The van der Waals surface area contributed by atoms with Gasteiger partial charge in [-0.1, -0.05) is 17.7 Å². The number of methoxy groups -OCH3 is 2. The summed E-state index contributed by atoms with van der Waals surface area (Å²) in [6.45, 7) is 3.14. The Labute approximate surface area is 166 Å². The van der Waals surface area contributed by atoms with Gasteiger partial charge in [-0.2, -0.15) is 0 Å². The first kappa shape index (κ1) is 19.9. The minimum atomic E-state index is 0.0385. The third-order valence-electron chi connectivity index (χ3n) is 5.06. The van der Waals surface area contributed by atoms with Crippen LogP contribution >= 0.6 is 11.6 Å². The molecule has 4 nitrogen and oxygen atoms in total. The SMILES string of the molecule is COCc1cc(CN2CCC[C@@H](C(=O)c3ccc(Cl)cc3)C2)ccc1OC. The van der Waals surface area contributed by atoms with Crippen molar-refractivity contribution in [1.82, 2.24) is 4.90 Å². The Kier molecular flexibility index (Phi) is 6.89. The van der Waals surface area contributed by atoms with Crippen molar-refractivity contribution in [3.63, 3.8) is 0 Å². The fourth-order valence-electron chi connectivity index (χ4n) is 3.72. The Morgan fingerprint density at radius 2 is 1.96 bits per heavy atom. The molecule has 0 unspecified atom stereocenters. The molecule has 0 aromatic heterocycles. The standard InChI is InChI=1S/C22H26ClNO3/c1-26-15-19-12-16(5-10-21(19)27-2)13-24-11-3-4-18(14-24)22(25)17-6-8-20(23)9-7-17/h5-10,12,18H,3-4,11,13-15H2,1-2H3/t18-/m1/s1. The molecule has 1 atom stereocenters. The molecular formula is C22H26ClNO3. The van der Waals surface area contributed by atoms with E-state index in [-0.39, 0.29) is 11.7 Å². The number of hydrogen-bond donors (Lipinski definition) is 0. The van der Waals surface area contributed by atoms with Crippen molar-refractivity contribution < 1.29 is 14.3 Å². The van der Waals surface area contributed by atoms with Crippen molar-refractivity contribution >= 4 is 17.4 Å². The molecule has 1 aliphatic rings. The highest BCUT2D eigenvalue weighted by molar-refractivity contribution is 6.30. The second-order valence-corrected chi connectivity index (χ2v) is 7.46. The molecule has 2 aromatic carbocycles. The van der Waals surface area contributed by atoms with Crippen LogP contribution in [0.4, 0.5) is 0 Å². The van der Waals surface area contributed by atoms with Gasteiger partial charge >= 0.3 is 0 Å². The lowest BCUT2D eigenvalue weighted by Crippen LogP contribution is -2.38. The molecule has 0 amide bonds. The van der Waals surface area contributed by atoms with Gasteiger partial charge in [0.1, 0.15) is 5.75 Å². The Hall–Kier alpha value is -1.88. The predicted octanol–water partition coefficient (Wildman–Crippen LogP) is 4.59. The van der Waals surface area contributed by atoms with Crippen molar-refractivity contribution in [3.05, 3.63) is 64.2 Å².